The third-order valence-corrected chi connectivity index (χ3v) is 2.59. The molecule has 0 aliphatic rings. The summed E-state index contributed by atoms with van der Waals surface area (Å²) in [4.78, 5) is 10.7. The summed E-state index contributed by atoms with van der Waals surface area (Å²) in [6.07, 6.45) is 0.592. The van der Waals surface area contributed by atoms with Gasteiger partial charge in [-0.25, -0.2) is 0 Å². The maximum Gasteiger partial charge on any atom is 0.320 e. The van der Waals surface area contributed by atoms with Gasteiger partial charge in [0.2, 0.25) is 0 Å². The largest absolute Gasteiger partial charge is 0.468 e. The molecule has 0 heterocycles. The highest BCUT2D eigenvalue weighted by Gasteiger charge is 2.16. The van der Waals surface area contributed by atoms with Crippen LogP contribution in [-0.4, -0.2) is 55.9 Å². The summed E-state index contributed by atoms with van der Waals surface area (Å²) >= 11 is 3.19. The molecule has 0 aromatic carbocycles. The average Bonchev–Trinajstić information content (AvgIpc) is 2.25. The van der Waals surface area contributed by atoms with E-state index >= 15 is 0 Å². The Bertz CT molecular complexity index is 173. The summed E-state index contributed by atoms with van der Waals surface area (Å²) in [5.41, 5.74) is 0. The van der Waals surface area contributed by atoms with Gasteiger partial charge in [0.15, 0.2) is 0 Å². The van der Waals surface area contributed by atoms with Crippen molar-refractivity contribution in [1.82, 2.24) is 5.32 Å². The summed E-state index contributed by atoms with van der Waals surface area (Å²) in [5, 5.41) is 11.9. The predicted molar refractivity (Wildman–Crippen MR) is 60.1 cm³/mol. The first kappa shape index (κ1) is 14.8. The van der Waals surface area contributed by atoms with Crippen molar-refractivity contribution in [2.24, 2.45) is 0 Å². The van der Waals surface area contributed by atoms with Gasteiger partial charge >= 0.3 is 5.97 Å². The molecule has 0 aromatic heterocycles. The maximum absolute atomic E-state index is 11.1. The molecule has 6 heteroatoms. The van der Waals surface area contributed by atoms with Gasteiger partial charge in [-0.05, 0) is 6.42 Å². The number of nitrogens with one attached hydrogen (secondary N) is 1. The van der Waals surface area contributed by atoms with Gasteiger partial charge in [-0.1, -0.05) is 15.9 Å². The Morgan fingerprint density at radius 1 is 1.53 bits per heavy atom. The molecular weight excluding hydrogens is 266 g/mol. The Labute approximate surface area is 98.3 Å². The Morgan fingerprint density at radius 2 is 2.20 bits per heavy atom. The molecule has 0 saturated heterocycles. The quantitative estimate of drug-likeness (QED) is 0.481. The van der Waals surface area contributed by atoms with Crippen LogP contribution in [0.2, 0.25) is 0 Å². The van der Waals surface area contributed by atoms with Crippen molar-refractivity contribution in [3.05, 3.63) is 0 Å². The molecule has 0 saturated carbocycles. The minimum atomic E-state index is -0.374. The zero-order chi connectivity index (χ0) is 11.7. The van der Waals surface area contributed by atoms with Crippen LogP contribution in [0, 0.1) is 0 Å². The van der Waals surface area contributed by atoms with Gasteiger partial charge in [0.25, 0.3) is 0 Å². The van der Waals surface area contributed by atoms with Crippen molar-refractivity contribution in [2.45, 2.75) is 17.3 Å². The van der Waals surface area contributed by atoms with E-state index in [2.05, 4.69) is 26.0 Å². The summed E-state index contributed by atoms with van der Waals surface area (Å²) in [6, 6.07) is 0.0460. The molecule has 0 aliphatic heterocycles. The van der Waals surface area contributed by atoms with E-state index in [1.807, 2.05) is 0 Å². The second-order valence-electron chi connectivity index (χ2n) is 3.06. The standard InChI is InChI=1S/C9H18BrNO4/c1-14-6-7(3-4-12)11-5-8(10)9(13)15-2/h7-8,11-12H,3-6H2,1-2H3. The Morgan fingerprint density at radius 3 is 2.67 bits per heavy atom. The minimum absolute atomic E-state index is 0.0460. The Kier molecular flexibility index (Phi) is 8.98. The van der Waals surface area contributed by atoms with Crippen LogP contribution in [0.15, 0.2) is 0 Å². The highest BCUT2D eigenvalue weighted by atomic mass is 79.9. The number of halogens is 1. The normalized spacial score (nSPS) is 14.7. The van der Waals surface area contributed by atoms with E-state index in [0.29, 0.717) is 19.6 Å². The van der Waals surface area contributed by atoms with Gasteiger partial charge in [-0.15, -0.1) is 0 Å². The first-order valence-electron chi connectivity index (χ1n) is 4.70. The molecule has 2 N–H and O–H groups in total. The Balaban J connectivity index is 3.81. The number of hydrogen-bond donors (Lipinski definition) is 2. The fourth-order valence-electron chi connectivity index (χ4n) is 1.08. The van der Waals surface area contributed by atoms with Gasteiger partial charge in [-0.2, -0.15) is 0 Å². The molecule has 15 heavy (non-hydrogen) atoms. The van der Waals surface area contributed by atoms with Crippen molar-refractivity contribution in [3.63, 3.8) is 0 Å². The van der Waals surface area contributed by atoms with E-state index in [4.69, 9.17) is 9.84 Å². The van der Waals surface area contributed by atoms with Crippen LogP contribution in [0.25, 0.3) is 0 Å². The van der Waals surface area contributed by atoms with Gasteiger partial charge in [0.05, 0.1) is 13.7 Å². The third kappa shape index (κ3) is 6.83. The van der Waals surface area contributed by atoms with Gasteiger partial charge in [-0.3, -0.25) is 4.79 Å². The van der Waals surface area contributed by atoms with Gasteiger partial charge in [0, 0.05) is 26.3 Å². The van der Waals surface area contributed by atoms with E-state index < -0.39 is 0 Å². The molecular formula is C9H18BrNO4. The van der Waals surface area contributed by atoms with E-state index in [1.165, 1.54) is 7.11 Å². The van der Waals surface area contributed by atoms with Crippen LogP contribution in [-0.2, 0) is 14.3 Å². The van der Waals surface area contributed by atoms with Crippen LogP contribution < -0.4 is 5.32 Å². The average molecular weight is 284 g/mol. The molecule has 5 nitrogen and oxygen atoms in total. The van der Waals surface area contributed by atoms with Crippen LogP contribution in [0.5, 0.6) is 0 Å². The van der Waals surface area contributed by atoms with Gasteiger partial charge < -0.3 is 19.9 Å². The maximum atomic E-state index is 11.1. The number of carbonyl (C=O) groups excluding carboxylic acids is 1. The first-order chi connectivity index (χ1) is 7.15. The number of methoxy groups -OCH3 is 2. The number of alkyl halides is 1. The number of carbonyl (C=O) groups is 1. The number of hydrogen-bond acceptors (Lipinski definition) is 5. The van der Waals surface area contributed by atoms with E-state index in [1.54, 1.807) is 7.11 Å². The second-order valence-corrected chi connectivity index (χ2v) is 4.17. The van der Waals surface area contributed by atoms with Gasteiger partial charge in [0.1, 0.15) is 4.83 Å². The Hall–Kier alpha value is -0.170. The summed E-state index contributed by atoms with van der Waals surface area (Å²) < 4.78 is 9.53. The minimum Gasteiger partial charge on any atom is -0.468 e. The van der Waals surface area contributed by atoms with E-state index in [-0.39, 0.29) is 23.4 Å². The van der Waals surface area contributed by atoms with Crippen molar-refractivity contribution < 1.29 is 19.4 Å². The molecule has 90 valence electrons. The van der Waals surface area contributed by atoms with Crippen molar-refractivity contribution >= 4 is 21.9 Å². The molecule has 0 amide bonds. The molecule has 0 aliphatic carbocycles. The van der Waals surface area contributed by atoms with Crippen molar-refractivity contribution in [2.75, 3.05) is 34.0 Å². The summed E-state index contributed by atoms with van der Waals surface area (Å²) in [7, 11) is 2.94. The first-order valence-corrected chi connectivity index (χ1v) is 5.62. The molecule has 0 aromatic rings. The van der Waals surface area contributed by atoms with E-state index in [0.717, 1.165) is 0 Å². The highest BCUT2D eigenvalue weighted by Crippen LogP contribution is 2.01. The smallest absolute Gasteiger partial charge is 0.320 e. The lowest BCUT2D eigenvalue weighted by Crippen LogP contribution is -2.39. The zero-order valence-electron chi connectivity index (χ0n) is 9.03. The van der Waals surface area contributed by atoms with Crippen LogP contribution in [0.4, 0.5) is 0 Å². The SMILES string of the molecule is COCC(CCO)NCC(Br)C(=O)OC. The number of ether oxygens (including phenoxy) is 2. The topological polar surface area (TPSA) is 67.8 Å². The second kappa shape index (κ2) is 9.08. The number of esters is 1. The fraction of sp³-hybridized carbons (Fsp3) is 0.889. The molecule has 2 unspecified atom stereocenters. The summed E-state index contributed by atoms with van der Waals surface area (Å²) in [6.45, 7) is 1.04. The number of aliphatic hydroxyl groups excluding tert-OH is 1. The molecule has 0 bridgehead atoms. The monoisotopic (exact) mass is 283 g/mol. The molecule has 0 fully saturated rings. The van der Waals surface area contributed by atoms with Crippen molar-refractivity contribution in [1.29, 1.82) is 0 Å². The van der Waals surface area contributed by atoms with Crippen molar-refractivity contribution in [3.8, 4) is 0 Å². The molecule has 2 atom stereocenters. The lowest BCUT2D eigenvalue weighted by Gasteiger charge is -2.18. The zero-order valence-corrected chi connectivity index (χ0v) is 10.6. The van der Waals surface area contributed by atoms with E-state index in [9.17, 15) is 4.79 Å². The lowest BCUT2D eigenvalue weighted by molar-refractivity contribution is -0.139. The number of aliphatic hydroxyl groups is 1. The fourth-order valence-corrected chi connectivity index (χ4v) is 1.46. The predicted octanol–water partition coefficient (Wildman–Crippen LogP) is -0.0901. The molecule has 0 radical (unpaired) electrons. The van der Waals surface area contributed by atoms with Crippen LogP contribution >= 0.6 is 15.9 Å². The molecule has 0 rings (SSSR count). The molecule has 0 spiro atoms. The highest BCUT2D eigenvalue weighted by molar-refractivity contribution is 9.10. The van der Waals surface area contributed by atoms with Crippen LogP contribution in [0.1, 0.15) is 6.42 Å². The third-order valence-electron chi connectivity index (χ3n) is 1.89. The number of rotatable bonds is 8. The lowest BCUT2D eigenvalue weighted by atomic mass is 10.2. The summed E-state index contributed by atoms with van der Waals surface area (Å²) in [5.74, 6) is -0.317. The van der Waals surface area contributed by atoms with Crippen LogP contribution in [0.3, 0.4) is 0 Å².